The first-order valence-corrected chi connectivity index (χ1v) is 51.2. The maximum Gasteiger partial charge on any atom is 0.329 e. The minimum atomic E-state index is -0.905. The summed E-state index contributed by atoms with van der Waals surface area (Å²) in [5.74, 6) is -2.87. The second-order valence-corrected chi connectivity index (χ2v) is 47.2. The first-order chi connectivity index (χ1) is 66.1. The Hall–Kier alpha value is -10.8. The molecule has 3 amide bonds. The highest BCUT2D eigenvalue weighted by molar-refractivity contribution is 5.93. The predicted octanol–water partition coefficient (Wildman–Crippen LogP) is 21.4. The maximum absolute atomic E-state index is 14.6. The molecule has 15 rings (SSSR count). The number of hydrogen-bond acceptors (Lipinski definition) is 27. The van der Waals surface area contributed by atoms with Crippen molar-refractivity contribution in [3.8, 4) is 34.9 Å². The van der Waals surface area contributed by atoms with Gasteiger partial charge in [-0.05, 0) is 244 Å². The third kappa shape index (κ3) is 27.7. The lowest BCUT2D eigenvalue weighted by molar-refractivity contribution is -0.168. The lowest BCUT2D eigenvalue weighted by Gasteiger charge is -2.35. The SMILES string of the molecule is C.C.C.CC[C@@H]1[C@@H]2CN(C(=O)[C@H](C(C)(C)C)CC(=O)O[C@@]3(C)C[C@@H]3CCC/C=C/c3nc4ccc(OC)cc4nc3O2)[C@@H]1C(=O)OC(C)(C)C.CC[C@@H]1[C@@H]2CN(C(=O)[C@H](C(C)(C)C)CC(=O)O[C@]3(C)C[C@H]3CCC/C=C/c3nc4ccc(OC)cc4nc3O2)[C@@H]1C(=O)OC(C)(C)C.CC[C@@H]1[C@@H]2CN(C(=O)[C@H](C(C)(C)C)CC(=O)O[C@]3(C)C[C@H]3CCCCCc3nc4ccc(OC)cc4nc3O2)[C@@H]1C(=O)OC(C)(C)C. The van der Waals surface area contributed by atoms with Gasteiger partial charge in [0.25, 0.3) is 0 Å². The third-order valence-corrected chi connectivity index (χ3v) is 29.5. The normalized spacial score (nSPS) is 28.7. The first kappa shape index (κ1) is 115. The number of carbonyl (C=O) groups excluding carboxylic acids is 9. The zero-order valence-electron chi connectivity index (χ0n) is 88.5. The number of esters is 6. The Balaban J connectivity index is 0.000000219. The molecule has 30 heteroatoms. The van der Waals surface area contributed by atoms with E-state index >= 15 is 0 Å². The van der Waals surface area contributed by atoms with Crippen LogP contribution < -0.4 is 28.4 Å². The second-order valence-electron chi connectivity index (χ2n) is 47.2. The largest absolute Gasteiger partial charge is 0.497 e. The van der Waals surface area contributed by atoms with Gasteiger partial charge in [-0.1, -0.05) is 130 Å². The Bertz CT molecular complexity index is 5430. The van der Waals surface area contributed by atoms with E-state index < -0.39 is 134 Å². The van der Waals surface area contributed by atoms with Gasteiger partial charge in [0.1, 0.15) is 104 Å². The van der Waals surface area contributed by atoms with Crippen LogP contribution in [0.1, 0.15) is 328 Å². The first-order valence-electron chi connectivity index (χ1n) is 51.2. The standard InChI is InChI=1S/C37H53N3O7.2C37H51N3O7.3CH4/c3*1-10-24-29-21-40(31(24)34(43)47-36(5,6)7)33(42)25(35(2,3)4)19-30(41)46-37(8)20-22(37)14-12-11-13-15-27-32(45-29)39-28-18-23(44-9)16-17-26(28)38-27;;;/h16-18,22,24-25,29,31H,10-15,19-21H2,1-9H3;2*13,15-18,22,24-25,29,31H,10-12,14,19-21H2,1-9H3;3*1H4/b;2*15-13+;;;/t22-,24-,25-,29+,31+,37-;22-,24+,25+,29-,31-,37-;22-,24-,25-,29+,31+,37-;;;/m101.../s1. The highest BCUT2D eigenvalue weighted by atomic mass is 16.6. The molecule has 0 radical (unpaired) electrons. The minimum absolute atomic E-state index is 0. The smallest absolute Gasteiger partial charge is 0.329 e. The van der Waals surface area contributed by atoms with Crippen molar-refractivity contribution >= 4 is 98.8 Å². The van der Waals surface area contributed by atoms with Crippen molar-refractivity contribution in [1.29, 1.82) is 0 Å². The predicted molar refractivity (Wildman–Crippen MR) is 556 cm³/mol. The van der Waals surface area contributed by atoms with Crippen molar-refractivity contribution in [1.82, 2.24) is 44.6 Å². The molecule has 6 fully saturated rings. The fourth-order valence-electron chi connectivity index (χ4n) is 21.1. The molecule has 6 aliphatic heterocycles. The van der Waals surface area contributed by atoms with Gasteiger partial charge in [-0.3, -0.25) is 28.8 Å². The Morgan fingerprint density at radius 1 is 0.382 bits per heavy atom. The quantitative estimate of drug-likeness (QED) is 0.0958. The number of methoxy groups -OCH3 is 3. The van der Waals surface area contributed by atoms with Crippen molar-refractivity contribution in [2.24, 2.45) is 69.5 Å². The molecule has 3 aromatic carbocycles. The van der Waals surface area contributed by atoms with Gasteiger partial charge >= 0.3 is 35.8 Å². The maximum atomic E-state index is 14.6. The van der Waals surface area contributed by atoms with Crippen molar-refractivity contribution in [2.45, 2.75) is 387 Å². The summed E-state index contributed by atoms with van der Waals surface area (Å²) in [5, 5.41) is 0. The number of hydrogen-bond donors (Lipinski definition) is 0. The topological polar surface area (TPSA) is 351 Å². The van der Waals surface area contributed by atoms with E-state index in [-0.39, 0.29) is 115 Å². The molecule has 0 N–H and O–H groups in total. The molecule has 6 bridgehead atoms. The summed E-state index contributed by atoms with van der Waals surface area (Å²) < 4.78 is 72.3. The van der Waals surface area contributed by atoms with E-state index in [0.29, 0.717) is 105 Å². The number of aryl methyl sites for hydroxylation is 1. The Kier molecular flexibility index (Phi) is 36.5. The van der Waals surface area contributed by atoms with Crippen LogP contribution in [-0.4, -0.2) is 209 Å². The molecule has 0 spiro atoms. The fourth-order valence-corrected chi connectivity index (χ4v) is 21.1. The van der Waals surface area contributed by atoms with Gasteiger partial charge in [0.05, 0.1) is 111 Å². The molecule has 6 aromatic rings. The highest BCUT2D eigenvalue weighted by Crippen LogP contribution is 2.54. The second kappa shape index (κ2) is 45.7. The third-order valence-electron chi connectivity index (χ3n) is 29.5. The molecule has 9 heterocycles. The van der Waals surface area contributed by atoms with Crippen LogP contribution in [0.15, 0.2) is 66.7 Å². The van der Waals surface area contributed by atoms with Gasteiger partial charge in [0, 0.05) is 53.7 Å². The summed E-state index contributed by atoms with van der Waals surface area (Å²) in [4.78, 5) is 160. The van der Waals surface area contributed by atoms with E-state index in [2.05, 4.69) is 12.2 Å². The Morgan fingerprint density at radius 2 is 0.674 bits per heavy atom. The van der Waals surface area contributed by atoms with Crippen LogP contribution in [0.5, 0.6) is 34.9 Å². The van der Waals surface area contributed by atoms with Crippen molar-refractivity contribution in [3.05, 3.63) is 83.8 Å². The number of fused-ring (bicyclic) bond motifs is 15. The van der Waals surface area contributed by atoms with Crippen LogP contribution in [0.2, 0.25) is 0 Å². The number of aromatic nitrogens is 6. The number of carbonyl (C=O) groups is 9. The van der Waals surface area contributed by atoms with Crippen LogP contribution in [-0.2, 0) is 78.0 Å². The van der Waals surface area contributed by atoms with Gasteiger partial charge in [-0.15, -0.1) is 0 Å². The molecule has 9 aliphatic rings. The number of ether oxygens (including phenoxy) is 12. The molecule has 18 atom stereocenters. The van der Waals surface area contributed by atoms with Crippen LogP contribution in [0, 0.1) is 69.5 Å². The van der Waals surface area contributed by atoms with Crippen LogP contribution in [0.3, 0.4) is 0 Å². The van der Waals surface area contributed by atoms with Gasteiger partial charge in [-0.2, -0.15) is 0 Å². The molecular weight excluding hydrogens is 1830 g/mol. The van der Waals surface area contributed by atoms with E-state index in [0.717, 1.165) is 94.7 Å². The lowest BCUT2D eigenvalue weighted by atomic mass is 9.77. The van der Waals surface area contributed by atoms with Crippen molar-refractivity contribution in [3.63, 3.8) is 0 Å². The highest BCUT2D eigenvalue weighted by Gasteiger charge is 2.60. The molecule has 3 aromatic heterocycles. The average Bonchev–Trinajstić information content (AvgIpc) is 1.63. The van der Waals surface area contributed by atoms with Gasteiger partial charge in [0.2, 0.25) is 35.4 Å². The van der Waals surface area contributed by atoms with E-state index in [4.69, 9.17) is 86.7 Å². The average molecular weight is 2000 g/mol. The van der Waals surface area contributed by atoms with E-state index in [9.17, 15) is 43.2 Å². The minimum Gasteiger partial charge on any atom is -0.497 e. The number of benzene rings is 3. The zero-order chi connectivity index (χ0) is 103. The van der Waals surface area contributed by atoms with Crippen LogP contribution in [0.25, 0.3) is 45.3 Å². The number of rotatable bonds is 9. The fraction of sp³-hybridized carbons (Fsp3) is 0.675. The number of allylic oxidation sites excluding steroid dienone is 2. The summed E-state index contributed by atoms with van der Waals surface area (Å²) in [7, 11) is 4.81. The molecule has 3 aliphatic carbocycles. The Labute approximate surface area is 854 Å². The van der Waals surface area contributed by atoms with Gasteiger partial charge in [0.15, 0.2) is 0 Å². The van der Waals surface area contributed by atoms with E-state index in [1.54, 1.807) is 36.0 Å². The lowest BCUT2D eigenvalue weighted by Crippen LogP contribution is -2.50. The van der Waals surface area contributed by atoms with Gasteiger partial charge in [-0.25, -0.2) is 44.3 Å². The summed E-state index contributed by atoms with van der Waals surface area (Å²) in [6.07, 6.45) is 20.1. The molecule has 0 unspecified atom stereocenters. The summed E-state index contributed by atoms with van der Waals surface area (Å²) in [5.41, 5.74) is 0.380. The van der Waals surface area contributed by atoms with E-state index in [1.165, 1.54) is 0 Å². The number of amides is 3. The molecule has 144 heavy (non-hydrogen) atoms. The van der Waals surface area contributed by atoms with E-state index in [1.807, 2.05) is 233 Å². The van der Waals surface area contributed by atoms with Crippen LogP contribution in [0.4, 0.5) is 0 Å². The molecule has 3 saturated heterocycles. The molecular formula is C114H167N9O21. The summed E-state index contributed by atoms with van der Waals surface area (Å²) >= 11 is 0. The molecule has 794 valence electrons. The van der Waals surface area contributed by atoms with Crippen molar-refractivity contribution in [2.75, 3.05) is 41.0 Å². The number of nitrogens with zero attached hydrogens (tertiary/aromatic N) is 9. The van der Waals surface area contributed by atoms with Crippen molar-refractivity contribution < 1.29 is 100.0 Å². The molecule has 30 nitrogen and oxygen atoms in total. The van der Waals surface area contributed by atoms with Crippen LogP contribution >= 0.6 is 0 Å². The Morgan fingerprint density at radius 3 is 0.965 bits per heavy atom. The summed E-state index contributed by atoms with van der Waals surface area (Å²) in [6, 6.07) is 14.0. The monoisotopic (exact) mass is 2000 g/mol. The molecule has 3 saturated carbocycles. The summed E-state index contributed by atoms with van der Waals surface area (Å²) in [6.45, 7) is 46.1. The zero-order valence-corrected chi connectivity index (χ0v) is 88.5. The van der Waals surface area contributed by atoms with Gasteiger partial charge < -0.3 is 71.5 Å².